The van der Waals surface area contributed by atoms with Crippen molar-refractivity contribution in [3.05, 3.63) is 64.7 Å². The summed E-state index contributed by atoms with van der Waals surface area (Å²) in [5, 5.41) is 15.3. The van der Waals surface area contributed by atoms with Crippen molar-refractivity contribution in [3.63, 3.8) is 0 Å². The smallest absolute Gasteiger partial charge is 0.232 e. The molecule has 2 aromatic carbocycles. The lowest BCUT2D eigenvalue weighted by molar-refractivity contribution is -0.124. The molecule has 0 unspecified atom stereocenters. The molecule has 27 heavy (non-hydrogen) atoms. The van der Waals surface area contributed by atoms with Crippen LogP contribution in [0, 0.1) is 12.3 Å². The first kappa shape index (κ1) is 17.5. The Bertz CT molecular complexity index is 1030. The zero-order valence-electron chi connectivity index (χ0n) is 15.3. The summed E-state index contributed by atoms with van der Waals surface area (Å²) in [5.41, 5.74) is 1.93. The van der Waals surface area contributed by atoms with Gasteiger partial charge < -0.3 is 15.2 Å². The van der Waals surface area contributed by atoms with Gasteiger partial charge in [0.2, 0.25) is 5.91 Å². The molecule has 0 fully saturated rings. The van der Waals surface area contributed by atoms with Gasteiger partial charge in [0.25, 0.3) is 0 Å². The van der Waals surface area contributed by atoms with Crippen LogP contribution in [-0.4, -0.2) is 16.0 Å². The topological polar surface area (TPSA) is 71.5 Å². The molecule has 0 radical (unpaired) electrons. The molecule has 5 nitrogen and oxygen atoms in total. The van der Waals surface area contributed by atoms with Crippen molar-refractivity contribution in [2.75, 3.05) is 5.32 Å². The molecule has 4 rings (SSSR count). The number of aromatic hydroxyl groups is 1. The number of benzene rings is 2. The third-order valence-electron chi connectivity index (χ3n) is 4.90. The molecular formula is C21H20N2O3S. The number of para-hydroxylation sites is 1. The number of anilines is 1. The average molecular weight is 380 g/mol. The van der Waals surface area contributed by atoms with Crippen LogP contribution in [-0.2, 0) is 4.79 Å². The highest BCUT2D eigenvalue weighted by molar-refractivity contribution is 7.13. The van der Waals surface area contributed by atoms with Crippen LogP contribution in [0.25, 0.3) is 0 Å². The van der Waals surface area contributed by atoms with Gasteiger partial charge in [-0.1, -0.05) is 38.1 Å². The average Bonchev–Trinajstić information content (AvgIpc) is 3.04. The van der Waals surface area contributed by atoms with E-state index in [0.29, 0.717) is 16.6 Å². The van der Waals surface area contributed by atoms with Gasteiger partial charge in [-0.3, -0.25) is 4.79 Å². The Morgan fingerprint density at radius 3 is 2.67 bits per heavy atom. The van der Waals surface area contributed by atoms with E-state index < -0.39 is 5.41 Å². The summed E-state index contributed by atoms with van der Waals surface area (Å²) < 4.78 is 5.98. The fraction of sp³-hybridized carbons (Fsp3) is 0.238. The van der Waals surface area contributed by atoms with Gasteiger partial charge in [-0.25, -0.2) is 4.98 Å². The number of hydrogen-bond donors (Lipinski definition) is 2. The van der Waals surface area contributed by atoms with Crippen molar-refractivity contribution in [2.45, 2.75) is 26.7 Å². The van der Waals surface area contributed by atoms with Crippen LogP contribution in [0.4, 0.5) is 5.13 Å². The Kier molecular flexibility index (Phi) is 4.15. The quantitative estimate of drug-likeness (QED) is 0.666. The van der Waals surface area contributed by atoms with E-state index in [1.165, 1.54) is 11.3 Å². The predicted molar refractivity (Wildman–Crippen MR) is 106 cm³/mol. The van der Waals surface area contributed by atoms with E-state index in [9.17, 15) is 9.90 Å². The van der Waals surface area contributed by atoms with Crippen molar-refractivity contribution >= 4 is 22.4 Å². The van der Waals surface area contributed by atoms with Gasteiger partial charge in [0.1, 0.15) is 17.2 Å². The number of rotatable bonds is 3. The standard InChI is InChI=1S/C21H20N2O3S/c1-12-11-27-20(22-12)23-19(25)21(2,3)18-14-6-4-5-7-16(14)26-17-10-13(24)8-9-15(17)18/h4-11,18,24H,1-3H3,(H,22,23,25)/t18-/m0/s1. The SMILES string of the molecule is Cc1csc(NC(=O)C(C)(C)[C@H]2c3ccccc3Oc3cc(O)ccc32)n1. The van der Waals surface area contributed by atoms with Crippen LogP contribution in [0.15, 0.2) is 47.8 Å². The van der Waals surface area contributed by atoms with Crippen molar-refractivity contribution in [1.82, 2.24) is 4.98 Å². The van der Waals surface area contributed by atoms with E-state index in [4.69, 9.17) is 4.74 Å². The van der Waals surface area contributed by atoms with Crippen LogP contribution in [0.5, 0.6) is 17.2 Å². The largest absolute Gasteiger partial charge is 0.508 e. The number of nitrogens with one attached hydrogen (secondary N) is 1. The van der Waals surface area contributed by atoms with Gasteiger partial charge >= 0.3 is 0 Å². The Hall–Kier alpha value is -2.86. The molecule has 2 heterocycles. The van der Waals surface area contributed by atoms with E-state index in [-0.39, 0.29) is 17.6 Å². The molecule has 0 bridgehead atoms. The molecule has 1 atom stereocenters. The number of hydrogen-bond acceptors (Lipinski definition) is 5. The molecule has 1 aliphatic rings. The molecule has 6 heteroatoms. The lowest BCUT2D eigenvalue weighted by atomic mass is 9.69. The summed E-state index contributed by atoms with van der Waals surface area (Å²) in [5.74, 6) is 1.07. The van der Waals surface area contributed by atoms with E-state index in [1.54, 1.807) is 12.1 Å². The number of fused-ring (bicyclic) bond motifs is 2. The first-order valence-corrected chi connectivity index (χ1v) is 9.57. The van der Waals surface area contributed by atoms with Crippen LogP contribution in [0.3, 0.4) is 0 Å². The molecule has 0 aliphatic carbocycles. The second kappa shape index (κ2) is 6.39. The summed E-state index contributed by atoms with van der Waals surface area (Å²) in [6.07, 6.45) is 0. The Balaban J connectivity index is 1.78. The zero-order chi connectivity index (χ0) is 19.2. The van der Waals surface area contributed by atoms with Gasteiger partial charge in [0.15, 0.2) is 5.13 Å². The minimum atomic E-state index is -0.773. The van der Waals surface area contributed by atoms with Crippen LogP contribution < -0.4 is 10.1 Å². The van der Waals surface area contributed by atoms with Crippen molar-refractivity contribution in [2.24, 2.45) is 5.41 Å². The van der Waals surface area contributed by atoms with Crippen molar-refractivity contribution < 1.29 is 14.6 Å². The monoisotopic (exact) mass is 380 g/mol. The van der Waals surface area contributed by atoms with Gasteiger partial charge in [-0.05, 0) is 19.1 Å². The molecule has 0 saturated heterocycles. The highest BCUT2D eigenvalue weighted by Gasteiger charge is 2.43. The fourth-order valence-corrected chi connectivity index (χ4v) is 4.21. The maximum absolute atomic E-state index is 13.2. The number of ether oxygens (including phenoxy) is 1. The minimum absolute atomic E-state index is 0.113. The number of aryl methyl sites for hydroxylation is 1. The zero-order valence-corrected chi connectivity index (χ0v) is 16.1. The fourth-order valence-electron chi connectivity index (χ4n) is 3.53. The summed E-state index contributed by atoms with van der Waals surface area (Å²) in [7, 11) is 0. The molecule has 0 spiro atoms. The molecule has 138 valence electrons. The van der Waals surface area contributed by atoms with Gasteiger partial charge in [-0.2, -0.15) is 0 Å². The highest BCUT2D eigenvalue weighted by Crippen LogP contribution is 2.52. The maximum atomic E-state index is 13.2. The van der Waals surface area contributed by atoms with Crippen LogP contribution in [0.2, 0.25) is 0 Å². The minimum Gasteiger partial charge on any atom is -0.508 e. The first-order chi connectivity index (χ1) is 12.9. The second-order valence-corrected chi connectivity index (χ2v) is 8.12. The molecule has 1 amide bonds. The maximum Gasteiger partial charge on any atom is 0.232 e. The third-order valence-corrected chi connectivity index (χ3v) is 5.78. The Morgan fingerprint density at radius 2 is 1.93 bits per heavy atom. The lowest BCUT2D eigenvalue weighted by Gasteiger charge is -2.38. The van der Waals surface area contributed by atoms with Crippen LogP contribution >= 0.6 is 11.3 Å². The third kappa shape index (κ3) is 3.06. The number of carbonyl (C=O) groups is 1. The predicted octanol–water partition coefficient (Wildman–Crippen LogP) is 5.06. The molecule has 1 aromatic heterocycles. The Labute approximate surface area is 161 Å². The van der Waals surface area contributed by atoms with Gasteiger partial charge in [0, 0.05) is 28.5 Å². The summed E-state index contributed by atoms with van der Waals surface area (Å²) >= 11 is 1.41. The van der Waals surface area contributed by atoms with Gasteiger partial charge in [-0.15, -0.1) is 11.3 Å². The van der Waals surface area contributed by atoms with Crippen LogP contribution in [0.1, 0.15) is 36.6 Å². The normalized spacial score (nSPS) is 15.4. The van der Waals surface area contributed by atoms with E-state index in [2.05, 4.69) is 10.3 Å². The van der Waals surface area contributed by atoms with E-state index in [0.717, 1.165) is 16.8 Å². The van der Waals surface area contributed by atoms with Crippen molar-refractivity contribution in [1.29, 1.82) is 0 Å². The van der Waals surface area contributed by atoms with E-state index in [1.807, 2.05) is 56.5 Å². The van der Waals surface area contributed by atoms with E-state index >= 15 is 0 Å². The summed E-state index contributed by atoms with van der Waals surface area (Å²) in [4.78, 5) is 17.5. The Morgan fingerprint density at radius 1 is 1.19 bits per heavy atom. The number of phenols is 1. The highest BCUT2D eigenvalue weighted by atomic mass is 32.1. The first-order valence-electron chi connectivity index (χ1n) is 8.69. The molecule has 2 N–H and O–H groups in total. The van der Waals surface area contributed by atoms with Crippen molar-refractivity contribution in [3.8, 4) is 17.2 Å². The second-order valence-electron chi connectivity index (χ2n) is 7.26. The number of thiazole rings is 1. The number of nitrogens with zero attached hydrogens (tertiary/aromatic N) is 1. The molecule has 1 aliphatic heterocycles. The lowest BCUT2D eigenvalue weighted by Crippen LogP contribution is -2.38. The molecule has 0 saturated carbocycles. The summed E-state index contributed by atoms with van der Waals surface area (Å²) in [6.45, 7) is 5.74. The number of aromatic nitrogens is 1. The number of phenolic OH excluding ortho intramolecular Hbond substituents is 1. The molecule has 3 aromatic rings. The molecular weight excluding hydrogens is 360 g/mol. The van der Waals surface area contributed by atoms with Gasteiger partial charge in [0.05, 0.1) is 11.1 Å². The summed E-state index contributed by atoms with van der Waals surface area (Å²) in [6, 6.07) is 12.8. The number of carbonyl (C=O) groups excluding carboxylic acids is 1. The number of amides is 1.